The van der Waals surface area contributed by atoms with Crippen LogP contribution in [0, 0.1) is 0 Å². The van der Waals surface area contributed by atoms with Gasteiger partial charge >= 0.3 is 17.8 Å². The maximum atomic E-state index is 11.5. The molecule has 0 aromatic heterocycles. The normalized spacial score (nSPS) is 17.6. The lowest BCUT2D eigenvalue weighted by molar-refractivity contribution is -0.142. The van der Waals surface area contributed by atoms with Gasteiger partial charge in [-0.2, -0.15) is 0 Å². The quantitative estimate of drug-likeness (QED) is 0.535. The van der Waals surface area contributed by atoms with Crippen LogP contribution in [0.25, 0.3) is 0 Å². The zero-order chi connectivity index (χ0) is 12.5. The van der Waals surface area contributed by atoms with E-state index in [1.165, 1.54) is 7.05 Å². The predicted octanol–water partition coefficient (Wildman–Crippen LogP) is -0.205. The lowest BCUT2D eigenvalue weighted by Crippen LogP contribution is -2.43. The molecular weight excluding hydrogens is 210 g/mol. The highest BCUT2D eigenvalue weighted by atomic mass is 16.2. The number of carbonyl (C=O) groups is 3. The summed E-state index contributed by atoms with van der Waals surface area (Å²) in [6.45, 7) is 6.64. The zero-order valence-corrected chi connectivity index (χ0v) is 10.0. The first-order valence-electron chi connectivity index (χ1n) is 5.12. The lowest BCUT2D eigenvalue weighted by Gasteiger charge is -2.22. The van der Waals surface area contributed by atoms with Crippen LogP contribution in [0.3, 0.4) is 0 Å². The molecule has 0 atom stereocenters. The Labute approximate surface area is 94.6 Å². The molecule has 1 aliphatic heterocycles. The fraction of sp³-hybridized carbons (Fsp3) is 0.700. The molecule has 0 bridgehead atoms. The number of hydrogen-bond donors (Lipinski definition) is 1. The molecule has 1 rings (SSSR count). The van der Waals surface area contributed by atoms with Gasteiger partial charge in [0.05, 0.1) is 0 Å². The fourth-order valence-corrected chi connectivity index (χ4v) is 1.35. The third kappa shape index (κ3) is 2.57. The van der Waals surface area contributed by atoms with Crippen LogP contribution < -0.4 is 5.32 Å². The van der Waals surface area contributed by atoms with Crippen LogP contribution in [-0.4, -0.2) is 53.3 Å². The second-order valence-electron chi connectivity index (χ2n) is 4.78. The number of amides is 4. The second kappa shape index (κ2) is 4.21. The van der Waals surface area contributed by atoms with Gasteiger partial charge in [-0.15, -0.1) is 0 Å². The van der Waals surface area contributed by atoms with Crippen molar-refractivity contribution in [3.63, 3.8) is 0 Å². The number of nitrogens with one attached hydrogen (secondary N) is 1. The summed E-state index contributed by atoms with van der Waals surface area (Å²) in [4.78, 5) is 35.8. The van der Waals surface area contributed by atoms with Crippen molar-refractivity contribution in [3.8, 4) is 0 Å². The monoisotopic (exact) mass is 227 g/mol. The van der Waals surface area contributed by atoms with Crippen LogP contribution in [0.15, 0.2) is 0 Å². The Hall–Kier alpha value is -1.43. The minimum Gasteiger partial charge on any atom is -0.310 e. The first-order chi connectivity index (χ1) is 7.24. The maximum Gasteiger partial charge on any atom is 0.333 e. The first-order valence-corrected chi connectivity index (χ1v) is 5.12. The molecule has 1 heterocycles. The third-order valence-corrected chi connectivity index (χ3v) is 2.24. The number of rotatable bonds is 3. The van der Waals surface area contributed by atoms with E-state index in [1.54, 1.807) is 0 Å². The van der Waals surface area contributed by atoms with Crippen molar-refractivity contribution in [1.29, 1.82) is 0 Å². The molecule has 0 aliphatic carbocycles. The van der Waals surface area contributed by atoms with Crippen LogP contribution in [0.2, 0.25) is 0 Å². The smallest absolute Gasteiger partial charge is 0.310 e. The highest BCUT2D eigenvalue weighted by Crippen LogP contribution is 2.08. The van der Waals surface area contributed by atoms with Crippen molar-refractivity contribution < 1.29 is 14.4 Å². The highest BCUT2D eigenvalue weighted by molar-refractivity contribution is 6.44. The third-order valence-electron chi connectivity index (χ3n) is 2.24. The van der Waals surface area contributed by atoms with Crippen molar-refractivity contribution in [1.82, 2.24) is 15.1 Å². The number of imide groups is 2. The summed E-state index contributed by atoms with van der Waals surface area (Å²) in [5.41, 5.74) is -0.0816. The van der Waals surface area contributed by atoms with E-state index in [0.717, 1.165) is 9.80 Å². The molecule has 1 aliphatic rings. The number of hydrogen-bond acceptors (Lipinski definition) is 4. The average Bonchev–Trinajstić information content (AvgIpc) is 2.33. The Morgan fingerprint density at radius 3 is 2.06 bits per heavy atom. The van der Waals surface area contributed by atoms with E-state index >= 15 is 0 Å². The van der Waals surface area contributed by atoms with Crippen molar-refractivity contribution in [2.75, 3.05) is 20.1 Å². The van der Waals surface area contributed by atoms with Gasteiger partial charge in [-0.3, -0.25) is 19.4 Å². The van der Waals surface area contributed by atoms with Crippen LogP contribution in [0.4, 0.5) is 4.79 Å². The van der Waals surface area contributed by atoms with Gasteiger partial charge in [0.1, 0.15) is 0 Å². The molecule has 1 saturated heterocycles. The Morgan fingerprint density at radius 1 is 1.12 bits per heavy atom. The summed E-state index contributed by atoms with van der Waals surface area (Å²) >= 11 is 0. The minimum absolute atomic E-state index is 0.0816. The SMILES string of the molecule is CN1C(=O)C(=O)N(CCNC(C)(C)C)C1=O. The van der Waals surface area contributed by atoms with Crippen molar-refractivity contribution in [2.24, 2.45) is 0 Å². The van der Waals surface area contributed by atoms with E-state index in [9.17, 15) is 14.4 Å². The van der Waals surface area contributed by atoms with Gasteiger partial charge in [0.25, 0.3) is 0 Å². The lowest BCUT2D eigenvalue weighted by atomic mass is 10.1. The summed E-state index contributed by atoms with van der Waals surface area (Å²) in [6, 6.07) is -0.550. The number of nitrogens with zero attached hydrogens (tertiary/aromatic N) is 2. The van der Waals surface area contributed by atoms with Crippen LogP contribution >= 0.6 is 0 Å². The van der Waals surface area contributed by atoms with Gasteiger partial charge < -0.3 is 5.32 Å². The van der Waals surface area contributed by atoms with E-state index < -0.39 is 17.8 Å². The molecule has 0 saturated carbocycles. The van der Waals surface area contributed by atoms with Gasteiger partial charge in [-0.1, -0.05) is 0 Å². The predicted molar refractivity (Wildman–Crippen MR) is 57.6 cm³/mol. The molecule has 4 amide bonds. The molecule has 1 N–H and O–H groups in total. The molecule has 6 nitrogen and oxygen atoms in total. The summed E-state index contributed by atoms with van der Waals surface area (Å²) in [5.74, 6) is -1.51. The zero-order valence-electron chi connectivity index (χ0n) is 10.0. The Kier molecular flexibility index (Phi) is 3.32. The van der Waals surface area contributed by atoms with Gasteiger partial charge in [0, 0.05) is 25.7 Å². The van der Waals surface area contributed by atoms with E-state index in [0.29, 0.717) is 6.54 Å². The minimum atomic E-state index is -0.763. The molecule has 1 fully saturated rings. The molecule has 0 aromatic carbocycles. The van der Waals surface area contributed by atoms with Crippen LogP contribution in [-0.2, 0) is 9.59 Å². The molecule has 0 radical (unpaired) electrons. The molecule has 90 valence electrons. The standard InChI is InChI=1S/C10H17N3O3/c1-10(2,3)11-5-6-13-8(15)7(14)12(4)9(13)16/h11H,5-6H2,1-4H3. The summed E-state index contributed by atoms with van der Waals surface area (Å²) in [6.07, 6.45) is 0. The molecule has 6 heteroatoms. The molecular formula is C10H17N3O3. The number of urea groups is 1. The van der Waals surface area contributed by atoms with E-state index in [-0.39, 0.29) is 12.1 Å². The van der Waals surface area contributed by atoms with E-state index in [4.69, 9.17) is 0 Å². The average molecular weight is 227 g/mol. The Balaban J connectivity index is 2.53. The fourth-order valence-electron chi connectivity index (χ4n) is 1.35. The second-order valence-corrected chi connectivity index (χ2v) is 4.78. The number of carbonyl (C=O) groups excluding carboxylic acids is 3. The maximum absolute atomic E-state index is 11.5. The van der Waals surface area contributed by atoms with Crippen molar-refractivity contribution in [3.05, 3.63) is 0 Å². The Bertz CT molecular complexity index is 333. The van der Waals surface area contributed by atoms with Crippen molar-refractivity contribution in [2.45, 2.75) is 26.3 Å². The molecule has 0 aromatic rings. The van der Waals surface area contributed by atoms with Gasteiger partial charge in [0.15, 0.2) is 0 Å². The van der Waals surface area contributed by atoms with E-state index in [1.807, 2.05) is 20.8 Å². The molecule has 0 unspecified atom stereocenters. The molecule has 16 heavy (non-hydrogen) atoms. The Morgan fingerprint density at radius 2 is 1.69 bits per heavy atom. The summed E-state index contributed by atoms with van der Waals surface area (Å²) in [5, 5.41) is 3.14. The highest BCUT2D eigenvalue weighted by Gasteiger charge is 2.41. The number of likely N-dealkylation sites (N-methyl/N-ethyl adjacent to an activating group) is 1. The van der Waals surface area contributed by atoms with Crippen LogP contribution in [0.5, 0.6) is 0 Å². The first kappa shape index (κ1) is 12.6. The largest absolute Gasteiger partial charge is 0.333 e. The van der Waals surface area contributed by atoms with Crippen LogP contribution in [0.1, 0.15) is 20.8 Å². The summed E-state index contributed by atoms with van der Waals surface area (Å²) in [7, 11) is 1.31. The van der Waals surface area contributed by atoms with E-state index in [2.05, 4.69) is 5.32 Å². The topological polar surface area (TPSA) is 69.7 Å². The van der Waals surface area contributed by atoms with Gasteiger partial charge in [-0.25, -0.2) is 4.79 Å². The van der Waals surface area contributed by atoms with Crippen molar-refractivity contribution >= 4 is 17.8 Å². The molecule has 0 spiro atoms. The summed E-state index contributed by atoms with van der Waals surface area (Å²) < 4.78 is 0. The van der Waals surface area contributed by atoms with Gasteiger partial charge in [-0.05, 0) is 20.8 Å². The van der Waals surface area contributed by atoms with Gasteiger partial charge in [0.2, 0.25) is 0 Å².